The number of Topliss-reactive ketones (excluding diaryl/α,β-unsaturated/α-hetero) is 1. The molecule has 1 aromatic carbocycles. The Hall–Kier alpha value is -2.11. The van der Waals surface area contributed by atoms with E-state index in [0.29, 0.717) is 6.42 Å². The van der Waals surface area contributed by atoms with E-state index in [1.165, 1.54) is 12.1 Å². The zero-order valence-electron chi connectivity index (χ0n) is 11.4. The molecule has 6 heteroatoms. The average Bonchev–Trinajstić information content (AvgIpc) is 2.42. The Labute approximate surface area is 120 Å². The van der Waals surface area contributed by atoms with Crippen LogP contribution in [0.25, 0.3) is 6.08 Å². The molecular weight excluding hydrogens is 285 g/mol. The standard InChI is InChI=1S/C15H15F3O3/c1-2-8-21-14(20)10-13(19)12(15(16,17)18)9-11-6-4-3-5-7-11/h3-7,9H,2,8,10H2,1H3. The lowest BCUT2D eigenvalue weighted by atomic mass is 10.0. The van der Waals surface area contributed by atoms with Gasteiger partial charge in [0.25, 0.3) is 0 Å². The first-order valence-electron chi connectivity index (χ1n) is 6.37. The molecule has 1 aromatic rings. The smallest absolute Gasteiger partial charge is 0.419 e. The van der Waals surface area contributed by atoms with Crippen LogP contribution in [0.15, 0.2) is 35.9 Å². The van der Waals surface area contributed by atoms with Crippen LogP contribution in [-0.4, -0.2) is 24.5 Å². The number of carbonyl (C=O) groups excluding carboxylic acids is 2. The maximum atomic E-state index is 12.9. The predicted octanol–water partition coefficient (Wildman–Crippen LogP) is 3.54. The maximum Gasteiger partial charge on any atom is 0.419 e. The van der Waals surface area contributed by atoms with E-state index in [4.69, 9.17) is 0 Å². The van der Waals surface area contributed by atoms with Crippen molar-refractivity contribution < 1.29 is 27.5 Å². The minimum absolute atomic E-state index is 0.0792. The van der Waals surface area contributed by atoms with Gasteiger partial charge in [-0.05, 0) is 18.1 Å². The molecular formula is C15H15F3O3. The first-order valence-corrected chi connectivity index (χ1v) is 6.37. The van der Waals surface area contributed by atoms with Crippen LogP contribution in [0.3, 0.4) is 0 Å². The molecule has 1 rings (SSSR count). The largest absolute Gasteiger partial charge is 0.465 e. The van der Waals surface area contributed by atoms with Gasteiger partial charge in [0.1, 0.15) is 6.42 Å². The molecule has 0 aliphatic heterocycles. The number of ketones is 1. The Balaban J connectivity index is 2.92. The number of ether oxygens (including phenoxy) is 1. The quantitative estimate of drug-likeness (QED) is 0.458. The van der Waals surface area contributed by atoms with Crippen molar-refractivity contribution in [2.75, 3.05) is 6.61 Å². The lowest BCUT2D eigenvalue weighted by Gasteiger charge is -2.11. The Morgan fingerprint density at radius 2 is 1.81 bits per heavy atom. The molecule has 0 saturated carbocycles. The molecule has 0 atom stereocenters. The van der Waals surface area contributed by atoms with E-state index in [9.17, 15) is 22.8 Å². The van der Waals surface area contributed by atoms with Crippen molar-refractivity contribution >= 4 is 17.8 Å². The molecule has 0 bridgehead atoms. The van der Waals surface area contributed by atoms with E-state index in [2.05, 4.69) is 4.74 Å². The lowest BCUT2D eigenvalue weighted by molar-refractivity contribution is -0.146. The molecule has 0 amide bonds. The summed E-state index contributed by atoms with van der Waals surface area (Å²) in [4.78, 5) is 22.9. The van der Waals surface area contributed by atoms with Gasteiger partial charge < -0.3 is 4.74 Å². The second kappa shape index (κ2) is 7.61. The van der Waals surface area contributed by atoms with Crippen LogP contribution in [-0.2, 0) is 14.3 Å². The summed E-state index contributed by atoms with van der Waals surface area (Å²) < 4.78 is 43.4. The fourth-order valence-corrected chi connectivity index (χ4v) is 1.53. The SMILES string of the molecule is CCCOC(=O)CC(=O)C(=Cc1ccccc1)C(F)(F)F. The Morgan fingerprint density at radius 1 is 1.19 bits per heavy atom. The van der Waals surface area contributed by atoms with E-state index in [1.807, 2.05) is 0 Å². The van der Waals surface area contributed by atoms with Crippen molar-refractivity contribution in [3.05, 3.63) is 41.5 Å². The van der Waals surface area contributed by atoms with Crippen molar-refractivity contribution in [2.24, 2.45) is 0 Å². The topological polar surface area (TPSA) is 43.4 Å². The third-order valence-corrected chi connectivity index (χ3v) is 2.49. The van der Waals surface area contributed by atoms with Crippen molar-refractivity contribution in [2.45, 2.75) is 25.9 Å². The molecule has 0 radical (unpaired) electrons. The average molecular weight is 300 g/mol. The van der Waals surface area contributed by atoms with Gasteiger partial charge in [-0.3, -0.25) is 9.59 Å². The highest BCUT2D eigenvalue weighted by atomic mass is 19.4. The third-order valence-electron chi connectivity index (χ3n) is 2.49. The third kappa shape index (κ3) is 5.81. The molecule has 21 heavy (non-hydrogen) atoms. The van der Waals surface area contributed by atoms with Gasteiger partial charge in [-0.15, -0.1) is 0 Å². The number of rotatable bonds is 6. The first-order chi connectivity index (χ1) is 9.84. The van der Waals surface area contributed by atoms with Crippen LogP contribution < -0.4 is 0 Å². The number of hydrogen-bond donors (Lipinski definition) is 0. The molecule has 3 nitrogen and oxygen atoms in total. The van der Waals surface area contributed by atoms with Gasteiger partial charge in [-0.1, -0.05) is 37.3 Å². The number of halogens is 3. The number of carbonyl (C=O) groups is 2. The highest BCUT2D eigenvalue weighted by Gasteiger charge is 2.39. The lowest BCUT2D eigenvalue weighted by Crippen LogP contribution is -2.23. The minimum atomic E-state index is -4.82. The molecule has 0 aliphatic carbocycles. The van der Waals surface area contributed by atoms with Crippen LogP contribution in [0.5, 0.6) is 0 Å². The summed E-state index contributed by atoms with van der Waals surface area (Å²) in [6, 6.07) is 7.64. The molecule has 0 saturated heterocycles. The minimum Gasteiger partial charge on any atom is -0.465 e. The summed E-state index contributed by atoms with van der Waals surface area (Å²) in [5.74, 6) is -2.25. The van der Waals surface area contributed by atoms with Gasteiger partial charge in [0.2, 0.25) is 0 Å². The van der Waals surface area contributed by atoms with Crippen molar-refractivity contribution in [3.63, 3.8) is 0 Å². The summed E-state index contributed by atoms with van der Waals surface area (Å²) in [7, 11) is 0. The molecule has 0 fully saturated rings. The summed E-state index contributed by atoms with van der Waals surface area (Å²) >= 11 is 0. The normalized spacial score (nSPS) is 12.1. The maximum absolute atomic E-state index is 12.9. The number of allylic oxidation sites excluding steroid dienone is 1. The van der Waals surface area contributed by atoms with Gasteiger partial charge in [0.15, 0.2) is 5.78 Å². The van der Waals surface area contributed by atoms with Crippen LogP contribution in [0.4, 0.5) is 13.2 Å². The fraction of sp³-hybridized carbons (Fsp3) is 0.333. The monoisotopic (exact) mass is 300 g/mol. The van der Waals surface area contributed by atoms with E-state index in [1.54, 1.807) is 25.1 Å². The molecule has 0 spiro atoms. The second-order valence-corrected chi connectivity index (χ2v) is 4.29. The summed E-state index contributed by atoms with van der Waals surface area (Å²) in [5.41, 5.74) is -1.12. The number of esters is 1. The molecule has 0 aliphatic rings. The Kier molecular flexibility index (Phi) is 6.14. The zero-order valence-corrected chi connectivity index (χ0v) is 11.4. The van der Waals surface area contributed by atoms with Gasteiger partial charge in [0.05, 0.1) is 12.2 Å². The van der Waals surface area contributed by atoms with E-state index in [-0.39, 0.29) is 12.2 Å². The van der Waals surface area contributed by atoms with Crippen LogP contribution in [0.1, 0.15) is 25.3 Å². The molecule has 0 N–H and O–H groups in total. The first kappa shape index (κ1) is 16.9. The van der Waals surface area contributed by atoms with Crippen molar-refractivity contribution in [3.8, 4) is 0 Å². The number of hydrogen-bond acceptors (Lipinski definition) is 3. The number of benzene rings is 1. The molecule has 0 aromatic heterocycles. The molecule has 0 heterocycles. The summed E-state index contributed by atoms with van der Waals surface area (Å²) in [6.45, 7) is 1.82. The van der Waals surface area contributed by atoms with E-state index in [0.717, 1.165) is 6.08 Å². The van der Waals surface area contributed by atoms with Crippen LogP contribution in [0, 0.1) is 0 Å². The van der Waals surface area contributed by atoms with Gasteiger partial charge in [-0.2, -0.15) is 13.2 Å². The highest BCUT2D eigenvalue weighted by Crippen LogP contribution is 2.29. The van der Waals surface area contributed by atoms with Crippen LogP contribution in [0.2, 0.25) is 0 Å². The fourth-order valence-electron chi connectivity index (χ4n) is 1.53. The van der Waals surface area contributed by atoms with E-state index >= 15 is 0 Å². The molecule has 0 unspecified atom stereocenters. The van der Waals surface area contributed by atoms with Gasteiger partial charge in [-0.25, -0.2) is 0 Å². The number of alkyl halides is 3. The molecule has 114 valence electrons. The predicted molar refractivity (Wildman–Crippen MR) is 71.3 cm³/mol. The van der Waals surface area contributed by atoms with Crippen LogP contribution >= 0.6 is 0 Å². The van der Waals surface area contributed by atoms with Gasteiger partial charge in [0, 0.05) is 0 Å². The van der Waals surface area contributed by atoms with Gasteiger partial charge >= 0.3 is 12.1 Å². The Morgan fingerprint density at radius 3 is 2.33 bits per heavy atom. The zero-order chi connectivity index (χ0) is 15.9. The summed E-state index contributed by atoms with van der Waals surface area (Å²) in [5, 5.41) is 0. The van der Waals surface area contributed by atoms with Crippen molar-refractivity contribution in [1.29, 1.82) is 0 Å². The summed E-state index contributed by atoms with van der Waals surface area (Å²) in [6.07, 6.45) is -4.47. The highest BCUT2D eigenvalue weighted by molar-refractivity contribution is 6.08. The van der Waals surface area contributed by atoms with Crippen molar-refractivity contribution in [1.82, 2.24) is 0 Å². The van der Waals surface area contributed by atoms with E-state index < -0.39 is 29.9 Å². The Bertz CT molecular complexity index is 519. The second-order valence-electron chi connectivity index (χ2n) is 4.29.